The SMILES string of the molecule is CC(C)(O)c1ccc(NC(=O)C2NCCc3cc(S(C)(=O)=O)ccc32)cc1. The summed E-state index contributed by atoms with van der Waals surface area (Å²) >= 11 is 0. The third-order valence-electron chi connectivity index (χ3n) is 4.72. The van der Waals surface area contributed by atoms with Crippen molar-refractivity contribution in [1.29, 1.82) is 0 Å². The Bertz CT molecular complexity index is 960. The van der Waals surface area contributed by atoms with Crippen molar-refractivity contribution in [3.63, 3.8) is 0 Å². The lowest BCUT2D eigenvalue weighted by Crippen LogP contribution is -2.38. The van der Waals surface area contributed by atoms with Crippen LogP contribution >= 0.6 is 0 Å². The number of amides is 1. The molecule has 3 N–H and O–H groups in total. The summed E-state index contributed by atoms with van der Waals surface area (Å²) < 4.78 is 23.5. The molecule has 1 aliphatic heterocycles. The molecular weight excluding hydrogens is 364 g/mol. The minimum absolute atomic E-state index is 0.209. The summed E-state index contributed by atoms with van der Waals surface area (Å²) in [4.78, 5) is 13.0. The summed E-state index contributed by atoms with van der Waals surface area (Å²) in [6.45, 7) is 4.00. The normalized spacial score (nSPS) is 17.3. The van der Waals surface area contributed by atoms with Gasteiger partial charge in [0, 0.05) is 18.5 Å². The summed E-state index contributed by atoms with van der Waals surface area (Å²) in [5.74, 6) is -0.209. The Morgan fingerprint density at radius 2 is 1.85 bits per heavy atom. The van der Waals surface area contributed by atoms with E-state index in [1.54, 1.807) is 56.3 Å². The maximum atomic E-state index is 12.8. The lowest BCUT2D eigenvalue weighted by molar-refractivity contribution is -0.118. The topological polar surface area (TPSA) is 95.5 Å². The summed E-state index contributed by atoms with van der Waals surface area (Å²) in [5.41, 5.74) is 2.11. The third-order valence-corrected chi connectivity index (χ3v) is 5.83. The number of carbonyl (C=O) groups excluding carboxylic acids is 1. The van der Waals surface area contributed by atoms with Crippen LogP contribution in [0.3, 0.4) is 0 Å². The van der Waals surface area contributed by atoms with Crippen molar-refractivity contribution >= 4 is 21.4 Å². The molecule has 0 spiro atoms. The predicted molar refractivity (Wildman–Crippen MR) is 104 cm³/mol. The highest BCUT2D eigenvalue weighted by Gasteiger charge is 2.27. The summed E-state index contributed by atoms with van der Waals surface area (Å²) in [6.07, 6.45) is 1.85. The number of aliphatic hydroxyl groups is 1. The summed E-state index contributed by atoms with van der Waals surface area (Å²) in [7, 11) is -3.28. The molecule has 0 fully saturated rings. The van der Waals surface area contributed by atoms with Gasteiger partial charge in [-0.1, -0.05) is 18.2 Å². The first-order valence-corrected chi connectivity index (χ1v) is 10.6. The molecule has 1 unspecified atom stereocenters. The molecule has 144 valence electrons. The van der Waals surface area contributed by atoms with Gasteiger partial charge in [0.15, 0.2) is 9.84 Å². The highest BCUT2D eigenvalue weighted by Crippen LogP contribution is 2.27. The summed E-state index contributed by atoms with van der Waals surface area (Å²) in [6, 6.07) is 11.4. The number of hydrogen-bond acceptors (Lipinski definition) is 5. The molecule has 27 heavy (non-hydrogen) atoms. The number of nitrogens with one attached hydrogen (secondary N) is 2. The summed E-state index contributed by atoms with van der Waals surface area (Å²) in [5, 5.41) is 16.1. The van der Waals surface area contributed by atoms with Gasteiger partial charge in [-0.3, -0.25) is 4.79 Å². The van der Waals surface area contributed by atoms with E-state index < -0.39 is 21.5 Å². The van der Waals surface area contributed by atoms with E-state index in [4.69, 9.17) is 0 Å². The zero-order valence-corrected chi connectivity index (χ0v) is 16.4. The molecule has 0 saturated heterocycles. The maximum Gasteiger partial charge on any atom is 0.246 e. The molecule has 1 aliphatic rings. The van der Waals surface area contributed by atoms with Gasteiger partial charge in [-0.05, 0) is 61.2 Å². The average Bonchev–Trinajstić information content (AvgIpc) is 2.59. The fourth-order valence-corrected chi connectivity index (χ4v) is 3.85. The largest absolute Gasteiger partial charge is 0.386 e. The van der Waals surface area contributed by atoms with Crippen molar-refractivity contribution in [3.05, 3.63) is 59.2 Å². The Morgan fingerprint density at radius 1 is 1.19 bits per heavy atom. The quantitative estimate of drug-likeness (QED) is 0.746. The van der Waals surface area contributed by atoms with Gasteiger partial charge in [-0.15, -0.1) is 0 Å². The molecule has 1 atom stereocenters. The highest BCUT2D eigenvalue weighted by atomic mass is 32.2. The van der Waals surface area contributed by atoms with Crippen LogP contribution in [0.1, 0.15) is 36.6 Å². The van der Waals surface area contributed by atoms with Crippen molar-refractivity contribution in [3.8, 4) is 0 Å². The van der Waals surface area contributed by atoms with Crippen molar-refractivity contribution in [2.75, 3.05) is 18.1 Å². The van der Waals surface area contributed by atoms with E-state index in [1.807, 2.05) is 0 Å². The first kappa shape index (κ1) is 19.5. The fraction of sp³-hybridized carbons (Fsp3) is 0.350. The van der Waals surface area contributed by atoms with Gasteiger partial charge in [0.1, 0.15) is 6.04 Å². The fourth-order valence-electron chi connectivity index (χ4n) is 3.18. The van der Waals surface area contributed by atoms with Gasteiger partial charge in [0.2, 0.25) is 5.91 Å². The number of benzene rings is 2. The Morgan fingerprint density at radius 3 is 2.44 bits per heavy atom. The van der Waals surface area contributed by atoms with Crippen LogP contribution in [0.4, 0.5) is 5.69 Å². The van der Waals surface area contributed by atoms with Gasteiger partial charge in [-0.2, -0.15) is 0 Å². The first-order valence-electron chi connectivity index (χ1n) is 8.76. The van der Waals surface area contributed by atoms with Gasteiger partial charge >= 0.3 is 0 Å². The molecule has 0 bridgehead atoms. The number of rotatable bonds is 4. The van der Waals surface area contributed by atoms with E-state index in [9.17, 15) is 18.3 Å². The van der Waals surface area contributed by atoms with Crippen LogP contribution in [0.25, 0.3) is 0 Å². The first-order chi connectivity index (χ1) is 12.6. The third kappa shape index (κ3) is 4.37. The molecule has 0 aromatic heterocycles. The Balaban J connectivity index is 1.81. The van der Waals surface area contributed by atoms with E-state index in [0.717, 1.165) is 16.7 Å². The smallest absolute Gasteiger partial charge is 0.246 e. The van der Waals surface area contributed by atoms with Crippen molar-refractivity contribution < 1.29 is 18.3 Å². The van der Waals surface area contributed by atoms with Gasteiger partial charge < -0.3 is 15.7 Å². The molecule has 3 rings (SSSR count). The van der Waals surface area contributed by atoms with Gasteiger partial charge in [0.25, 0.3) is 0 Å². The minimum atomic E-state index is -3.28. The maximum absolute atomic E-state index is 12.8. The van der Waals surface area contributed by atoms with Crippen LogP contribution in [-0.4, -0.2) is 32.2 Å². The van der Waals surface area contributed by atoms with Crippen molar-refractivity contribution in [2.24, 2.45) is 0 Å². The molecular formula is C20H24N2O4S. The predicted octanol–water partition coefficient (Wildman–Crippen LogP) is 2.14. The molecule has 1 amide bonds. The number of carbonyl (C=O) groups is 1. The van der Waals surface area contributed by atoms with Crippen LogP contribution < -0.4 is 10.6 Å². The number of sulfone groups is 1. The van der Waals surface area contributed by atoms with Crippen LogP contribution in [-0.2, 0) is 26.7 Å². The molecule has 0 aliphatic carbocycles. The standard InChI is InChI=1S/C20H24N2O4S/c1-20(2,24)14-4-6-15(7-5-14)22-19(23)18-17-9-8-16(27(3,25)26)12-13(17)10-11-21-18/h4-9,12,18,21,24H,10-11H2,1-3H3,(H,22,23). The van der Waals surface area contributed by atoms with Gasteiger partial charge in [-0.25, -0.2) is 8.42 Å². The zero-order chi connectivity index (χ0) is 19.8. The second-order valence-electron chi connectivity index (χ2n) is 7.40. The second-order valence-corrected chi connectivity index (χ2v) is 9.41. The average molecular weight is 388 g/mol. The van der Waals surface area contributed by atoms with Crippen LogP contribution in [0.15, 0.2) is 47.4 Å². The van der Waals surface area contributed by atoms with E-state index in [2.05, 4.69) is 10.6 Å². The number of fused-ring (bicyclic) bond motifs is 1. The molecule has 0 saturated carbocycles. The lowest BCUT2D eigenvalue weighted by atomic mass is 9.93. The number of hydrogen-bond donors (Lipinski definition) is 3. The lowest BCUT2D eigenvalue weighted by Gasteiger charge is -2.26. The highest BCUT2D eigenvalue weighted by molar-refractivity contribution is 7.90. The molecule has 2 aromatic rings. The van der Waals surface area contributed by atoms with E-state index in [1.165, 1.54) is 6.26 Å². The molecule has 2 aromatic carbocycles. The molecule has 7 heteroatoms. The van der Waals surface area contributed by atoms with Gasteiger partial charge in [0.05, 0.1) is 10.5 Å². The van der Waals surface area contributed by atoms with Crippen molar-refractivity contribution in [1.82, 2.24) is 5.32 Å². The Kier molecular flexibility index (Phi) is 5.12. The Labute approximate surface area is 159 Å². The second kappa shape index (κ2) is 7.07. The van der Waals surface area contributed by atoms with E-state index in [0.29, 0.717) is 18.7 Å². The Hall–Kier alpha value is -2.22. The van der Waals surface area contributed by atoms with Crippen LogP contribution in [0, 0.1) is 0 Å². The number of anilines is 1. The van der Waals surface area contributed by atoms with Crippen LogP contribution in [0.5, 0.6) is 0 Å². The molecule has 0 radical (unpaired) electrons. The van der Waals surface area contributed by atoms with Crippen molar-refractivity contribution in [2.45, 2.75) is 36.8 Å². The zero-order valence-electron chi connectivity index (χ0n) is 15.6. The monoisotopic (exact) mass is 388 g/mol. The minimum Gasteiger partial charge on any atom is -0.386 e. The van der Waals surface area contributed by atoms with Crippen LogP contribution in [0.2, 0.25) is 0 Å². The molecule has 1 heterocycles. The molecule has 6 nitrogen and oxygen atoms in total. The van der Waals surface area contributed by atoms with E-state index in [-0.39, 0.29) is 10.8 Å². The van der Waals surface area contributed by atoms with E-state index >= 15 is 0 Å².